The number of carbonyl (C=O) groups is 2. The molecule has 0 saturated carbocycles. The van der Waals surface area contributed by atoms with Gasteiger partial charge in [-0.1, -0.05) is 0 Å². The summed E-state index contributed by atoms with van der Waals surface area (Å²) in [5, 5.41) is 13.6. The number of carbonyl (C=O) groups excluding carboxylic acids is 1. The summed E-state index contributed by atoms with van der Waals surface area (Å²) in [5.74, 6) is -1.05. The van der Waals surface area contributed by atoms with Crippen molar-refractivity contribution in [2.24, 2.45) is 0 Å². The van der Waals surface area contributed by atoms with Crippen LogP contribution in [0.2, 0.25) is 0 Å². The third-order valence-corrected chi connectivity index (χ3v) is 3.37. The van der Waals surface area contributed by atoms with E-state index in [0.717, 1.165) is 0 Å². The fourth-order valence-electron chi connectivity index (χ4n) is 1.53. The maximum atomic E-state index is 12.1. The number of hydrogen-bond acceptors (Lipinski definition) is 4. The van der Waals surface area contributed by atoms with Crippen LogP contribution in [0.25, 0.3) is 0 Å². The van der Waals surface area contributed by atoms with Crippen molar-refractivity contribution in [3.8, 4) is 0 Å². The maximum Gasteiger partial charge on any atom is 0.338 e. The highest BCUT2D eigenvalue weighted by Gasteiger charge is 2.20. The molecule has 19 heavy (non-hydrogen) atoms. The van der Waals surface area contributed by atoms with Gasteiger partial charge < -0.3 is 14.7 Å². The lowest BCUT2D eigenvalue weighted by Crippen LogP contribution is -2.42. The smallest absolute Gasteiger partial charge is 0.338 e. The van der Waals surface area contributed by atoms with E-state index in [9.17, 15) is 9.59 Å². The molecule has 0 radical (unpaired) electrons. The summed E-state index contributed by atoms with van der Waals surface area (Å²) < 4.78 is 4.96. The van der Waals surface area contributed by atoms with E-state index < -0.39 is 5.97 Å². The monoisotopic (exact) mass is 286 g/mol. The zero-order valence-corrected chi connectivity index (χ0v) is 12.0. The fraction of sp³-hybridized carbons (Fsp3) is 0.500. The Bertz CT molecular complexity index is 445. The SMILES string of the molecule is COCCN(C(=O)Nc1sccc1C(=O)O)C(C)C. The molecule has 0 aliphatic heterocycles. The van der Waals surface area contributed by atoms with E-state index in [2.05, 4.69) is 5.32 Å². The number of methoxy groups -OCH3 is 1. The highest BCUT2D eigenvalue weighted by atomic mass is 32.1. The van der Waals surface area contributed by atoms with Crippen LogP contribution in [0.5, 0.6) is 0 Å². The summed E-state index contributed by atoms with van der Waals surface area (Å²) in [6.45, 7) is 4.67. The molecule has 106 valence electrons. The number of ether oxygens (including phenoxy) is 1. The minimum atomic E-state index is -1.05. The maximum absolute atomic E-state index is 12.1. The quantitative estimate of drug-likeness (QED) is 0.841. The Kier molecular flexibility index (Phi) is 5.78. The van der Waals surface area contributed by atoms with Crippen LogP contribution in [0.3, 0.4) is 0 Å². The summed E-state index contributed by atoms with van der Waals surface area (Å²) in [6, 6.07) is 1.15. The van der Waals surface area contributed by atoms with Crippen LogP contribution in [0.15, 0.2) is 11.4 Å². The second-order valence-electron chi connectivity index (χ2n) is 4.18. The third-order valence-electron chi connectivity index (χ3n) is 2.54. The second kappa shape index (κ2) is 7.10. The Labute approximate surface area is 116 Å². The Hall–Kier alpha value is -1.60. The predicted octanol–water partition coefficient (Wildman–Crippen LogP) is 2.34. The average Bonchev–Trinajstić information content (AvgIpc) is 2.77. The molecule has 0 bridgehead atoms. The Balaban J connectivity index is 2.75. The number of aromatic carboxylic acids is 1. The highest BCUT2D eigenvalue weighted by molar-refractivity contribution is 7.14. The van der Waals surface area contributed by atoms with Gasteiger partial charge in [0.1, 0.15) is 5.00 Å². The van der Waals surface area contributed by atoms with Crippen molar-refractivity contribution >= 4 is 28.3 Å². The lowest BCUT2D eigenvalue weighted by Gasteiger charge is -2.26. The predicted molar refractivity (Wildman–Crippen MR) is 74.0 cm³/mol. The lowest BCUT2D eigenvalue weighted by atomic mass is 10.3. The van der Waals surface area contributed by atoms with Crippen LogP contribution in [0.4, 0.5) is 9.80 Å². The van der Waals surface area contributed by atoms with E-state index in [0.29, 0.717) is 18.2 Å². The van der Waals surface area contributed by atoms with Crippen LogP contribution < -0.4 is 5.32 Å². The van der Waals surface area contributed by atoms with Crippen molar-refractivity contribution in [2.45, 2.75) is 19.9 Å². The van der Waals surface area contributed by atoms with Crippen LogP contribution in [-0.2, 0) is 4.74 Å². The van der Waals surface area contributed by atoms with E-state index in [1.807, 2.05) is 13.8 Å². The Morgan fingerprint density at radius 2 is 2.21 bits per heavy atom. The lowest BCUT2D eigenvalue weighted by molar-refractivity contribution is 0.0698. The zero-order valence-electron chi connectivity index (χ0n) is 11.2. The van der Waals surface area contributed by atoms with E-state index in [4.69, 9.17) is 9.84 Å². The standard InChI is InChI=1S/C12H18N2O4S/c1-8(2)14(5-6-18-3)12(17)13-10-9(11(15)16)4-7-19-10/h4,7-8H,5-6H2,1-3H3,(H,13,17)(H,15,16). The first-order valence-corrected chi connectivity index (χ1v) is 6.72. The van der Waals surface area contributed by atoms with E-state index in [1.165, 1.54) is 17.4 Å². The molecule has 1 aromatic rings. The molecule has 2 N–H and O–H groups in total. The number of rotatable bonds is 6. The minimum Gasteiger partial charge on any atom is -0.478 e. The zero-order chi connectivity index (χ0) is 14.4. The van der Waals surface area contributed by atoms with Gasteiger partial charge in [0.25, 0.3) is 0 Å². The molecule has 7 heteroatoms. The van der Waals surface area contributed by atoms with Crippen molar-refractivity contribution in [3.05, 3.63) is 17.0 Å². The van der Waals surface area contributed by atoms with Crippen LogP contribution in [0.1, 0.15) is 24.2 Å². The molecular weight excluding hydrogens is 268 g/mol. The Morgan fingerprint density at radius 1 is 1.53 bits per heavy atom. The molecule has 1 rings (SSSR count). The average molecular weight is 286 g/mol. The summed E-state index contributed by atoms with van der Waals surface area (Å²) in [6.07, 6.45) is 0. The van der Waals surface area contributed by atoms with E-state index in [-0.39, 0.29) is 17.6 Å². The van der Waals surface area contributed by atoms with Crippen LogP contribution in [0, 0.1) is 0 Å². The van der Waals surface area contributed by atoms with Crippen LogP contribution in [-0.4, -0.2) is 48.3 Å². The van der Waals surface area contributed by atoms with Crippen molar-refractivity contribution < 1.29 is 19.4 Å². The van der Waals surface area contributed by atoms with Gasteiger partial charge in [-0.3, -0.25) is 5.32 Å². The van der Waals surface area contributed by atoms with Gasteiger partial charge in [0, 0.05) is 19.7 Å². The van der Waals surface area contributed by atoms with Gasteiger partial charge in [-0.15, -0.1) is 11.3 Å². The number of carboxylic acid groups (broad SMARTS) is 1. The summed E-state index contributed by atoms with van der Waals surface area (Å²) in [4.78, 5) is 24.7. The molecule has 1 heterocycles. The number of anilines is 1. The van der Waals surface area contributed by atoms with Crippen molar-refractivity contribution in [1.82, 2.24) is 4.90 Å². The van der Waals surface area contributed by atoms with Crippen LogP contribution >= 0.6 is 11.3 Å². The second-order valence-corrected chi connectivity index (χ2v) is 5.09. The molecule has 1 aromatic heterocycles. The van der Waals surface area contributed by atoms with Gasteiger partial charge in [0.05, 0.1) is 12.2 Å². The number of thiophene rings is 1. The number of nitrogens with one attached hydrogen (secondary N) is 1. The molecular formula is C12H18N2O4S. The van der Waals surface area contributed by atoms with Crippen molar-refractivity contribution in [1.29, 1.82) is 0 Å². The van der Waals surface area contributed by atoms with Crippen molar-refractivity contribution in [2.75, 3.05) is 25.6 Å². The van der Waals surface area contributed by atoms with Gasteiger partial charge >= 0.3 is 12.0 Å². The molecule has 0 aliphatic rings. The van der Waals surface area contributed by atoms with Gasteiger partial charge in [0.2, 0.25) is 0 Å². The highest BCUT2D eigenvalue weighted by Crippen LogP contribution is 2.23. The molecule has 0 saturated heterocycles. The summed E-state index contributed by atoms with van der Waals surface area (Å²) in [5.41, 5.74) is 0.105. The summed E-state index contributed by atoms with van der Waals surface area (Å²) in [7, 11) is 1.57. The fourth-order valence-corrected chi connectivity index (χ4v) is 2.30. The molecule has 0 atom stereocenters. The number of hydrogen-bond donors (Lipinski definition) is 2. The number of nitrogens with zero attached hydrogens (tertiary/aromatic N) is 1. The number of carboxylic acids is 1. The van der Waals surface area contributed by atoms with E-state index in [1.54, 1.807) is 17.4 Å². The number of urea groups is 1. The first kappa shape index (κ1) is 15.5. The third kappa shape index (κ3) is 4.22. The Morgan fingerprint density at radius 3 is 2.74 bits per heavy atom. The normalized spacial score (nSPS) is 10.5. The topological polar surface area (TPSA) is 78.9 Å². The van der Waals surface area contributed by atoms with Gasteiger partial charge in [0.15, 0.2) is 0 Å². The molecule has 0 fully saturated rings. The summed E-state index contributed by atoms with van der Waals surface area (Å²) >= 11 is 1.19. The van der Waals surface area contributed by atoms with Gasteiger partial charge in [-0.2, -0.15) is 0 Å². The first-order valence-electron chi connectivity index (χ1n) is 5.84. The number of amides is 2. The minimum absolute atomic E-state index is 0.00314. The first-order chi connectivity index (χ1) is 8.97. The molecule has 0 aromatic carbocycles. The van der Waals surface area contributed by atoms with Gasteiger partial charge in [-0.05, 0) is 25.3 Å². The largest absolute Gasteiger partial charge is 0.478 e. The van der Waals surface area contributed by atoms with Crippen molar-refractivity contribution in [3.63, 3.8) is 0 Å². The molecule has 6 nitrogen and oxygen atoms in total. The molecule has 0 spiro atoms. The van der Waals surface area contributed by atoms with E-state index >= 15 is 0 Å². The van der Waals surface area contributed by atoms with Gasteiger partial charge in [-0.25, -0.2) is 9.59 Å². The molecule has 2 amide bonds. The molecule has 0 unspecified atom stereocenters. The molecule has 0 aliphatic carbocycles.